The van der Waals surface area contributed by atoms with E-state index < -0.39 is 35.7 Å². The first-order valence-corrected chi connectivity index (χ1v) is 12.5. The van der Waals surface area contributed by atoms with Crippen molar-refractivity contribution in [2.45, 2.75) is 32.2 Å². The van der Waals surface area contributed by atoms with Gasteiger partial charge in [-0.25, -0.2) is 4.98 Å². The van der Waals surface area contributed by atoms with Crippen LogP contribution in [0.5, 0.6) is 0 Å². The minimum absolute atomic E-state index is 0.0995. The lowest BCUT2D eigenvalue weighted by Crippen LogP contribution is -2.43. The van der Waals surface area contributed by atoms with Crippen LogP contribution in [0.4, 0.5) is 24.8 Å². The number of anilines is 2. The van der Waals surface area contributed by atoms with Gasteiger partial charge in [0.05, 0.1) is 22.8 Å². The lowest BCUT2D eigenvalue weighted by atomic mass is 9.95. The monoisotopic (exact) mass is 554 g/mol. The van der Waals surface area contributed by atoms with E-state index in [1.165, 1.54) is 18.2 Å². The van der Waals surface area contributed by atoms with E-state index in [4.69, 9.17) is 11.5 Å². The molecule has 0 aliphatic rings. The highest BCUT2D eigenvalue weighted by Crippen LogP contribution is 2.38. The van der Waals surface area contributed by atoms with Crippen molar-refractivity contribution in [1.29, 1.82) is 0 Å². The van der Waals surface area contributed by atoms with Gasteiger partial charge in [-0.05, 0) is 54.5 Å². The number of aliphatic hydroxyl groups is 1. The van der Waals surface area contributed by atoms with Crippen LogP contribution in [0.15, 0.2) is 60.7 Å². The fourth-order valence-electron chi connectivity index (χ4n) is 4.85. The number of likely N-dealkylation sites (N-methyl/N-ethyl adjacent to an activating group) is 1. The quantitative estimate of drug-likeness (QED) is 0.208. The molecule has 4 aromatic rings. The largest absolute Gasteiger partial charge is 0.416 e. The van der Waals surface area contributed by atoms with Crippen molar-refractivity contribution in [1.82, 2.24) is 14.9 Å². The average molecular weight is 555 g/mol. The molecule has 2 amide bonds. The second kappa shape index (κ2) is 11.4. The van der Waals surface area contributed by atoms with Crippen molar-refractivity contribution in [3.05, 3.63) is 77.4 Å². The zero-order valence-corrected chi connectivity index (χ0v) is 21.8. The summed E-state index contributed by atoms with van der Waals surface area (Å²) in [4.78, 5) is 34.7. The average Bonchev–Trinajstić information content (AvgIpc) is 3.30. The molecular formula is C28H29F3N6O3. The summed E-state index contributed by atoms with van der Waals surface area (Å²) in [6, 6.07) is 13.1. The number of fused-ring (bicyclic) bond motifs is 1. The Morgan fingerprint density at radius 1 is 1.07 bits per heavy atom. The van der Waals surface area contributed by atoms with Gasteiger partial charge in [-0.15, -0.1) is 0 Å². The predicted molar refractivity (Wildman–Crippen MR) is 146 cm³/mol. The summed E-state index contributed by atoms with van der Waals surface area (Å²) < 4.78 is 40.4. The summed E-state index contributed by atoms with van der Waals surface area (Å²) in [6.07, 6.45) is -6.36. The van der Waals surface area contributed by atoms with E-state index in [1.807, 2.05) is 0 Å². The molecule has 2 atom stereocenters. The molecule has 0 fully saturated rings. The highest BCUT2D eigenvalue weighted by atomic mass is 19.4. The zero-order chi connectivity index (χ0) is 29.2. The van der Waals surface area contributed by atoms with E-state index in [-0.39, 0.29) is 22.8 Å². The Balaban J connectivity index is 1.80. The number of aromatic nitrogens is 2. The van der Waals surface area contributed by atoms with Gasteiger partial charge in [-0.3, -0.25) is 14.5 Å². The SMILES string of the molecule is CCN(CC)C(c1cccc(C(F)(F)F)c1)C(O)C(=O)Nc1ccc2[nH]c(N)nc2c1-c1ccccc1C(N)=O. The number of carbonyl (C=O) groups is 2. The van der Waals surface area contributed by atoms with Crippen molar-refractivity contribution in [3.8, 4) is 11.1 Å². The number of nitrogen functional groups attached to an aromatic ring is 1. The van der Waals surface area contributed by atoms with Crippen molar-refractivity contribution in [2.24, 2.45) is 5.73 Å². The van der Waals surface area contributed by atoms with E-state index in [2.05, 4.69) is 15.3 Å². The van der Waals surface area contributed by atoms with Gasteiger partial charge in [-0.1, -0.05) is 44.2 Å². The van der Waals surface area contributed by atoms with Gasteiger partial charge in [0.25, 0.3) is 5.91 Å². The first-order chi connectivity index (χ1) is 19.0. The number of H-pyrrole nitrogens is 1. The minimum atomic E-state index is -4.60. The normalized spacial score (nSPS) is 13.4. The lowest BCUT2D eigenvalue weighted by molar-refractivity contribution is -0.137. The molecule has 0 saturated carbocycles. The maximum absolute atomic E-state index is 13.5. The van der Waals surface area contributed by atoms with Crippen LogP contribution in [-0.2, 0) is 11.0 Å². The van der Waals surface area contributed by atoms with E-state index in [0.29, 0.717) is 35.2 Å². The van der Waals surface area contributed by atoms with Crippen LogP contribution < -0.4 is 16.8 Å². The molecule has 0 aliphatic heterocycles. The number of primary amides is 1. The number of rotatable bonds is 9. The van der Waals surface area contributed by atoms with Crippen LogP contribution in [0.2, 0.25) is 0 Å². The number of hydrogen-bond acceptors (Lipinski definition) is 6. The molecule has 3 aromatic carbocycles. The molecule has 7 N–H and O–H groups in total. The summed E-state index contributed by atoms with van der Waals surface area (Å²) in [5, 5.41) is 14.0. The smallest absolute Gasteiger partial charge is 0.381 e. The standard InChI is InChI=1S/C28H29F3N6O3/c1-3-37(4-2)23(15-8-7-9-16(14-15)28(29,30)31)24(38)26(40)34-19-12-13-20-22(36-27(33)35-20)21(19)17-10-5-6-11-18(17)25(32)39/h5-14,23-24,38H,3-4H2,1-2H3,(H2,32,39)(H,34,40)(H3,33,35,36). The number of benzene rings is 3. The molecule has 4 rings (SSSR count). The number of aliphatic hydroxyl groups excluding tert-OH is 1. The molecule has 0 bridgehead atoms. The molecule has 210 valence electrons. The van der Waals surface area contributed by atoms with Gasteiger partial charge in [0, 0.05) is 11.1 Å². The lowest BCUT2D eigenvalue weighted by Gasteiger charge is -2.33. The third-order valence-corrected chi connectivity index (χ3v) is 6.72. The number of carbonyl (C=O) groups excluding carboxylic acids is 2. The molecule has 0 radical (unpaired) electrons. The molecule has 1 heterocycles. The first kappa shape index (κ1) is 28.6. The molecular weight excluding hydrogens is 525 g/mol. The summed E-state index contributed by atoms with van der Waals surface area (Å²) >= 11 is 0. The van der Waals surface area contributed by atoms with Gasteiger partial charge in [-0.2, -0.15) is 13.2 Å². The van der Waals surface area contributed by atoms with Gasteiger partial charge >= 0.3 is 6.18 Å². The highest BCUT2D eigenvalue weighted by molar-refractivity contribution is 6.10. The molecule has 2 unspecified atom stereocenters. The Kier molecular flexibility index (Phi) is 8.12. The van der Waals surface area contributed by atoms with Gasteiger partial charge < -0.3 is 26.9 Å². The number of nitrogens with two attached hydrogens (primary N) is 2. The Labute approximate surface area is 228 Å². The van der Waals surface area contributed by atoms with Crippen molar-refractivity contribution in [3.63, 3.8) is 0 Å². The summed E-state index contributed by atoms with van der Waals surface area (Å²) in [7, 11) is 0. The molecule has 40 heavy (non-hydrogen) atoms. The molecule has 0 spiro atoms. The Hall–Kier alpha value is -4.42. The fraction of sp³-hybridized carbons (Fsp3) is 0.250. The van der Waals surface area contributed by atoms with Crippen LogP contribution in [-0.4, -0.2) is 51.0 Å². The summed E-state index contributed by atoms with van der Waals surface area (Å²) in [6.45, 7) is 4.28. The third kappa shape index (κ3) is 5.63. The van der Waals surface area contributed by atoms with Gasteiger partial charge in [0.2, 0.25) is 5.91 Å². The van der Waals surface area contributed by atoms with Gasteiger partial charge in [0.15, 0.2) is 12.1 Å². The van der Waals surface area contributed by atoms with E-state index >= 15 is 0 Å². The number of nitrogens with zero attached hydrogens (tertiary/aromatic N) is 2. The Bertz CT molecular complexity index is 1550. The Morgan fingerprint density at radius 2 is 1.77 bits per heavy atom. The van der Waals surface area contributed by atoms with Crippen LogP contribution in [0.3, 0.4) is 0 Å². The summed E-state index contributed by atoms with van der Waals surface area (Å²) in [5.41, 5.74) is 12.7. The number of amides is 2. The number of aromatic amines is 1. The van der Waals surface area contributed by atoms with Crippen molar-refractivity contribution >= 4 is 34.5 Å². The third-order valence-electron chi connectivity index (χ3n) is 6.72. The van der Waals surface area contributed by atoms with Crippen molar-refractivity contribution < 1.29 is 27.9 Å². The Morgan fingerprint density at radius 3 is 2.42 bits per heavy atom. The van der Waals surface area contributed by atoms with Crippen molar-refractivity contribution in [2.75, 3.05) is 24.1 Å². The maximum Gasteiger partial charge on any atom is 0.416 e. The number of hydrogen-bond donors (Lipinski definition) is 5. The van der Waals surface area contributed by atoms with Crippen LogP contribution in [0.1, 0.15) is 41.4 Å². The van der Waals surface area contributed by atoms with E-state index in [0.717, 1.165) is 12.1 Å². The topological polar surface area (TPSA) is 150 Å². The van der Waals surface area contributed by atoms with E-state index in [9.17, 15) is 27.9 Å². The highest BCUT2D eigenvalue weighted by Gasteiger charge is 2.35. The van der Waals surface area contributed by atoms with Crippen LogP contribution in [0.25, 0.3) is 22.2 Å². The number of alkyl halides is 3. The maximum atomic E-state index is 13.5. The molecule has 0 saturated heterocycles. The molecule has 9 nitrogen and oxygen atoms in total. The fourth-order valence-corrected chi connectivity index (χ4v) is 4.85. The van der Waals surface area contributed by atoms with E-state index in [1.54, 1.807) is 49.1 Å². The minimum Gasteiger partial charge on any atom is -0.381 e. The summed E-state index contributed by atoms with van der Waals surface area (Å²) in [5.74, 6) is -1.47. The molecule has 0 aliphatic carbocycles. The second-order valence-electron chi connectivity index (χ2n) is 9.14. The molecule has 1 aromatic heterocycles. The first-order valence-electron chi connectivity index (χ1n) is 12.5. The predicted octanol–water partition coefficient (Wildman–Crippen LogP) is 4.31. The second-order valence-corrected chi connectivity index (χ2v) is 9.14. The number of nitrogens with one attached hydrogen (secondary N) is 2. The zero-order valence-electron chi connectivity index (χ0n) is 21.8. The van der Waals surface area contributed by atoms with Gasteiger partial charge in [0.1, 0.15) is 5.52 Å². The van der Waals surface area contributed by atoms with Crippen LogP contribution >= 0.6 is 0 Å². The molecule has 12 heteroatoms. The van der Waals surface area contributed by atoms with Crippen LogP contribution in [0, 0.1) is 0 Å². The number of imidazole rings is 1. The number of halogens is 3.